The molecular formula is C21H29NO3. The van der Waals surface area contributed by atoms with Gasteiger partial charge in [0.15, 0.2) is 0 Å². The predicted molar refractivity (Wildman–Crippen MR) is 97.2 cm³/mol. The maximum Gasteiger partial charge on any atom is 0.306 e. The molecule has 1 unspecified atom stereocenters. The van der Waals surface area contributed by atoms with Crippen LogP contribution in [0.3, 0.4) is 0 Å². The molecule has 1 atom stereocenters. The quantitative estimate of drug-likeness (QED) is 0.889. The summed E-state index contributed by atoms with van der Waals surface area (Å²) in [6, 6.07) is 8.70. The molecule has 3 rings (SSSR count). The largest absolute Gasteiger partial charge is 0.481 e. The molecule has 4 nitrogen and oxygen atoms in total. The molecule has 1 aromatic carbocycles. The number of hydrogen-bond donors (Lipinski definition) is 1. The summed E-state index contributed by atoms with van der Waals surface area (Å²) >= 11 is 0. The Balaban J connectivity index is 1.75. The number of carbonyl (C=O) groups excluding carboxylic acids is 1. The number of aryl methyl sites for hydroxylation is 1. The normalized spacial score (nSPS) is 27.6. The minimum absolute atomic E-state index is 0.000934. The van der Waals surface area contributed by atoms with E-state index in [-0.39, 0.29) is 23.8 Å². The number of benzene rings is 1. The maximum atomic E-state index is 13.2. The van der Waals surface area contributed by atoms with Gasteiger partial charge in [0.2, 0.25) is 5.91 Å². The lowest BCUT2D eigenvalue weighted by Crippen LogP contribution is -2.40. The number of hydrogen-bond acceptors (Lipinski definition) is 2. The summed E-state index contributed by atoms with van der Waals surface area (Å²) in [5.41, 5.74) is 2.48. The second kappa shape index (κ2) is 8.03. The fourth-order valence-corrected chi connectivity index (χ4v) is 4.42. The van der Waals surface area contributed by atoms with Crippen molar-refractivity contribution in [2.75, 3.05) is 6.54 Å². The van der Waals surface area contributed by atoms with E-state index in [1.165, 1.54) is 17.5 Å². The molecule has 1 aliphatic heterocycles. The number of nitrogens with zero attached hydrogens (tertiary/aromatic N) is 1. The molecule has 1 aliphatic carbocycles. The topological polar surface area (TPSA) is 57.6 Å². The molecule has 2 aliphatic rings. The van der Waals surface area contributed by atoms with Crippen molar-refractivity contribution >= 4 is 11.9 Å². The molecule has 2 fully saturated rings. The Morgan fingerprint density at radius 3 is 2.40 bits per heavy atom. The van der Waals surface area contributed by atoms with Gasteiger partial charge in [-0.15, -0.1) is 0 Å². The van der Waals surface area contributed by atoms with E-state index in [9.17, 15) is 14.7 Å². The van der Waals surface area contributed by atoms with Crippen molar-refractivity contribution in [3.8, 4) is 0 Å². The van der Waals surface area contributed by atoms with Crippen molar-refractivity contribution in [3.63, 3.8) is 0 Å². The van der Waals surface area contributed by atoms with Crippen molar-refractivity contribution in [3.05, 3.63) is 35.4 Å². The number of rotatable bonds is 3. The van der Waals surface area contributed by atoms with Crippen molar-refractivity contribution in [2.24, 2.45) is 11.8 Å². The minimum Gasteiger partial charge on any atom is -0.481 e. The van der Waals surface area contributed by atoms with Crippen LogP contribution in [0.4, 0.5) is 0 Å². The lowest BCUT2D eigenvalue weighted by Gasteiger charge is -2.35. The highest BCUT2D eigenvalue weighted by atomic mass is 16.4. The fraction of sp³-hybridized carbons (Fsp3) is 0.619. The minimum atomic E-state index is -0.710. The smallest absolute Gasteiger partial charge is 0.306 e. The first-order valence-electron chi connectivity index (χ1n) is 9.66. The number of amides is 1. The van der Waals surface area contributed by atoms with E-state index in [1.54, 1.807) is 0 Å². The highest BCUT2D eigenvalue weighted by Crippen LogP contribution is 2.36. The molecule has 1 heterocycles. The van der Waals surface area contributed by atoms with Gasteiger partial charge in [0.1, 0.15) is 0 Å². The van der Waals surface area contributed by atoms with Crippen LogP contribution in [-0.2, 0) is 9.59 Å². The summed E-state index contributed by atoms with van der Waals surface area (Å²) in [5.74, 6) is -0.725. The summed E-state index contributed by atoms with van der Waals surface area (Å²) in [6.07, 6.45) is 7.13. The van der Waals surface area contributed by atoms with E-state index in [0.29, 0.717) is 25.7 Å². The first kappa shape index (κ1) is 18.0. The molecule has 1 aromatic rings. The summed E-state index contributed by atoms with van der Waals surface area (Å²) in [6.45, 7) is 2.93. The zero-order valence-electron chi connectivity index (χ0n) is 15.1. The maximum absolute atomic E-state index is 13.2. The van der Waals surface area contributed by atoms with E-state index in [4.69, 9.17) is 0 Å². The molecule has 136 valence electrons. The van der Waals surface area contributed by atoms with Crippen LogP contribution in [0.25, 0.3) is 0 Å². The molecule has 1 N–H and O–H groups in total. The van der Waals surface area contributed by atoms with Gasteiger partial charge in [0, 0.05) is 12.5 Å². The number of carboxylic acid groups (broad SMARTS) is 1. The van der Waals surface area contributed by atoms with Gasteiger partial charge in [-0.3, -0.25) is 9.59 Å². The standard InChI is InChI=1S/C21H29NO3/c1-15-6-5-7-18(14-15)19-8-3-2-4-13-22(19)20(23)16-9-11-17(12-10-16)21(24)25/h5-7,14,16-17,19H,2-4,8-13H2,1H3,(H,24,25). The fourth-order valence-electron chi connectivity index (χ4n) is 4.42. The summed E-state index contributed by atoms with van der Waals surface area (Å²) in [4.78, 5) is 26.5. The molecular weight excluding hydrogens is 314 g/mol. The Bertz CT molecular complexity index is 619. The highest BCUT2D eigenvalue weighted by molar-refractivity contribution is 5.80. The number of carbonyl (C=O) groups is 2. The van der Waals surface area contributed by atoms with Gasteiger partial charge < -0.3 is 10.0 Å². The van der Waals surface area contributed by atoms with Crippen LogP contribution in [0.15, 0.2) is 24.3 Å². The van der Waals surface area contributed by atoms with E-state index in [1.807, 2.05) is 0 Å². The van der Waals surface area contributed by atoms with E-state index in [2.05, 4.69) is 36.1 Å². The second-order valence-corrected chi connectivity index (χ2v) is 7.70. The molecule has 0 radical (unpaired) electrons. The van der Waals surface area contributed by atoms with Crippen molar-refractivity contribution in [1.82, 2.24) is 4.90 Å². The number of aliphatic carboxylic acids is 1. The molecule has 1 saturated carbocycles. The van der Waals surface area contributed by atoms with Gasteiger partial charge in [-0.25, -0.2) is 0 Å². The first-order chi connectivity index (χ1) is 12.1. The van der Waals surface area contributed by atoms with Gasteiger partial charge in [-0.05, 0) is 51.0 Å². The molecule has 25 heavy (non-hydrogen) atoms. The monoisotopic (exact) mass is 343 g/mol. The van der Waals surface area contributed by atoms with Gasteiger partial charge in [-0.2, -0.15) is 0 Å². The SMILES string of the molecule is Cc1cccc(C2CCCCCN2C(=O)C2CCC(C(=O)O)CC2)c1. The van der Waals surface area contributed by atoms with Crippen molar-refractivity contribution in [1.29, 1.82) is 0 Å². The van der Waals surface area contributed by atoms with Crippen LogP contribution in [0.5, 0.6) is 0 Å². The Hall–Kier alpha value is -1.84. The first-order valence-corrected chi connectivity index (χ1v) is 9.66. The predicted octanol–water partition coefficient (Wildman–Crippen LogP) is 4.33. The zero-order valence-corrected chi connectivity index (χ0v) is 15.1. The average molecular weight is 343 g/mol. The Labute approximate surface area is 150 Å². The number of likely N-dealkylation sites (tertiary alicyclic amines) is 1. The lowest BCUT2D eigenvalue weighted by atomic mass is 9.81. The van der Waals surface area contributed by atoms with Crippen LogP contribution < -0.4 is 0 Å². The van der Waals surface area contributed by atoms with Gasteiger partial charge in [0.05, 0.1) is 12.0 Å². The van der Waals surface area contributed by atoms with Crippen LogP contribution in [-0.4, -0.2) is 28.4 Å². The summed E-state index contributed by atoms with van der Waals surface area (Å²) in [5, 5.41) is 9.17. The average Bonchev–Trinajstić information content (AvgIpc) is 2.87. The third-order valence-corrected chi connectivity index (χ3v) is 5.89. The van der Waals surface area contributed by atoms with E-state index < -0.39 is 5.97 Å². The van der Waals surface area contributed by atoms with Crippen LogP contribution in [0.2, 0.25) is 0 Å². The van der Waals surface area contributed by atoms with Crippen molar-refractivity contribution < 1.29 is 14.7 Å². The Kier molecular flexibility index (Phi) is 5.77. The summed E-state index contributed by atoms with van der Waals surface area (Å²) < 4.78 is 0. The molecule has 1 saturated heterocycles. The molecule has 4 heteroatoms. The van der Waals surface area contributed by atoms with Crippen molar-refractivity contribution in [2.45, 2.75) is 64.3 Å². The Morgan fingerprint density at radius 1 is 1.00 bits per heavy atom. The zero-order chi connectivity index (χ0) is 17.8. The third-order valence-electron chi connectivity index (χ3n) is 5.89. The molecule has 0 bridgehead atoms. The third kappa shape index (κ3) is 4.23. The van der Waals surface area contributed by atoms with Gasteiger partial charge in [0.25, 0.3) is 0 Å². The second-order valence-electron chi connectivity index (χ2n) is 7.70. The van der Waals surface area contributed by atoms with Crippen LogP contribution in [0, 0.1) is 18.8 Å². The molecule has 0 spiro atoms. The van der Waals surface area contributed by atoms with Crippen LogP contribution >= 0.6 is 0 Å². The van der Waals surface area contributed by atoms with E-state index >= 15 is 0 Å². The summed E-state index contributed by atoms with van der Waals surface area (Å²) in [7, 11) is 0. The highest BCUT2D eigenvalue weighted by Gasteiger charge is 2.35. The molecule has 0 aromatic heterocycles. The van der Waals surface area contributed by atoms with Gasteiger partial charge >= 0.3 is 5.97 Å². The van der Waals surface area contributed by atoms with Crippen LogP contribution in [0.1, 0.15) is 68.5 Å². The number of carboxylic acids is 1. The van der Waals surface area contributed by atoms with Gasteiger partial charge in [-0.1, -0.05) is 42.7 Å². The Morgan fingerprint density at radius 2 is 1.72 bits per heavy atom. The lowest BCUT2D eigenvalue weighted by molar-refractivity contribution is -0.146. The molecule has 1 amide bonds. The van der Waals surface area contributed by atoms with E-state index in [0.717, 1.165) is 25.8 Å².